The number of nitrogen functional groups attached to an aromatic ring is 1. The van der Waals surface area contributed by atoms with E-state index in [1.807, 2.05) is 12.1 Å². The van der Waals surface area contributed by atoms with E-state index in [1.165, 1.54) is 12.8 Å². The Morgan fingerprint density at radius 2 is 2.11 bits per heavy atom. The summed E-state index contributed by atoms with van der Waals surface area (Å²) in [5.41, 5.74) is 8.07. The van der Waals surface area contributed by atoms with Gasteiger partial charge in [-0.1, -0.05) is 6.92 Å². The van der Waals surface area contributed by atoms with Crippen molar-refractivity contribution in [2.75, 3.05) is 23.7 Å². The molecule has 0 radical (unpaired) electrons. The van der Waals surface area contributed by atoms with Crippen LogP contribution in [-0.2, 0) is 0 Å². The second-order valence-corrected chi connectivity index (χ2v) is 4.58. The molecule has 0 aliphatic carbocycles. The summed E-state index contributed by atoms with van der Waals surface area (Å²) in [7, 11) is 0. The molecule has 1 heterocycles. The molecule has 0 spiro atoms. The molecule has 1 unspecified atom stereocenters. The van der Waals surface area contributed by atoms with Gasteiger partial charge in [-0.3, -0.25) is 0 Å². The van der Waals surface area contributed by atoms with Gasteiger partial charge in [-0.15, -0.1) is 24.8 Å². The molecule has 100 valence electrons. The predicted molar refractivity (Wildman–Crippen MR) is 80.7 cm³/mol. The van der Waals surface area contributed by atoms with E-state index in [-0.39, 0.29) is 24.8 Å². The highest BCUT2D eigenvalue weighted by atomic mass is 35.5. The van der Waals surface area contributed by atoms with Crippen molar-refractivity contribution in [2.45, 2.75) is 19.8 Å². The summed E-state index contributed by atoms with van der Waals surface area (Å²) in [6.07, 6.45) is 2.49. The van der Waals surface area contributed by atoms with Crippen LogP contribution in [-0.4, -0.2) is 13.1 Å². The summed E-state index contributed by atoms with van der Waals surface area (Å²) in [4.78, 5) is 2.30. The highest BCUT2D eigenvalue weighted by Crippen LogP contribution is 2.27. The third-order valence-electron chi connectivity index (χ3n) is 3.14. The average molecular weight is 288 g/mol. The summed E-state index contributed by atoms with van der Waals surface area (Å²) in [6.45, 7) is 4.34. The van der Waals surface area contributed by atoms with E-state index >= 15 is 0 Å². The number of nitrogens with zero attached hydrogens (tertiary/aromatic N) is 2. The van der Waals surface area contributed by atoms with Crippen molar-refractivity contribution in [1.29, 1.82) is 5.26 Å². The van der Waals surface area contributed by atoms with E-state index in [4.69, 9.17) is 11.0 Å². The van der Waals surface area contributed by atoms with E-state index < -0.39 is 0 Å². The fourth-order valence-electron chi connectivity index (χ4n) is 2.33. The third-order valence-corrected chi connectivity index (χ3v) is 3.14. The molecule has 5 heteroatoms. The topological polar surface area (TPSA) is 53.0 Å². The van der Waals surface area contributed by atoms with E-state index in [9.17, 15) is 0 Å². The Kier molecular flexibility index (Phi) is 6.90. The van der Waals surface area contributed by atoms with Gasteiger partial charge in [-0.05, 0) is 37.0 Å². The van der Waals surface area contributed by atoms with E-state index in [0.29, 0.717) is 17.2 Å². The normalized spacial score (nSPS) is 18.2. The van der Waals surface area contributed by atoms with Crippen LogP contribution in [0.1, 0.15) is 25.3 Å². The van der Waals surface area contributed by atoms with Crippen LogP contribution in [0.4, 0.5) is 11.4 Å². The van der Waals surface area contributed by atoms with Crippen LogP contribution in [0.15, 0.2) is 18.2 Å². The lowest BCUT2D eigenvalue weighted by molar-refractivity contribution is 0.446. The van der Waals surface area contributed by atoms with Crippen molar-refractivity contribution in [2.24, 2.45) is 5.92 Å². The molecule has 1 aliphatic rings. The first-order chi connectivity index (χ1) is 7.70. The van der Waals surface area contributed by atoms with Crippen LogP contribution in [0, 0.1) is 17.2 Å². The fraction of sp³-hybridized carbons (Fsp3) is 0.462. The number of hydrogen-bond acceptors (Lipinski definition) is 3. The molecule has 0 bridgehead atoms. The van der Waals surface area contributed by atoms with Crippen LogP contribution in [0.25, 0.3) is 0 Å². The minimum Gasteiger partial charge on any atom is -0.399 e. The predicted octanol–water partition coefficient (Wildman–Crippen LogP) is 3.22. The molecular formula is C13H19Cl2N3. The van der Waals surface area contributed by atoms with Crippen molar-refractivity contribution in [3.05, 3.63) is 23.8 Å². The molecule has 1 fully saturated rings. The van der Waals surface area contributed by atoms with Gasteiger partial charge in [0.15, 0.2) is 0 Å². The van der Waals surface area contributed by atoms with Crippen molar-refractivity contribution >= 4 is 36.2 Å². The molecule has 0 amide bonds. The average Bonchev–Trinajstić information content (AvgIpc) is 2.28. The Morgan fingerprint density at radius 3 is 2.72 bits per heavy atom. The van der Waals surface area contributed by atoms with Gasteiger partial charge in [0.25, 0.3) is 0 Å². The maximum Gasteiger partial charge on any atom is 0.101 e. The van der Waals surface area contributed by atoms with Gasteiger partial charge < -0.3 is 10.6 Å². The summed E-state index contributed by atoms with van der Waals surface area (Å²) < 4.78 is 0. The van der Waals surface area contributed by atoms with Crippen LogP contribution in [0.2, 0.25) is 0 Å². The van der Waals surface area contributed by atoms with Crippen molar-refractivity contribution in [3.8, 4) is 6.07 Å². The molecule has 1 aromatic rings. The second-order valence-electron chi connectivity index (χ2n) is 4.58. The Hall–Kier alpha value is -1.11. The SMILES string of the molecule is CC1CCCN(c2ccc(N)cc2C#N)C1.Cl.Cl. The van der Waals surface area contributed by atoms with E-state index in [2.05, 4.69) is 17.9 Å². The molecule has 18 heavy (non-hydrogen) atoms. The van der Waals surface area contributed by atoms with Crippen LogP contribution < -0.4 is 10.6 Å². The second kappa shape index (κ2) is 7.35. The lowest BCUT2D eigenvalue weighted by atomic mass is 9.99. The number of rotatable bonds is 1. The van der Waals surface area contributed by atoms with Crippen LogP contribution in [0.5, 0.6) is 0 Å². The number of nitrogens with two attached hydrogens (primary N) is 1. The molecule has 0 saturated carbocycles. The zero-order valence-corrected chi connectivity index (χ0v) is 12.1. The van der Waals surface area contributed by atoms with Gasteiger partial charge >= 0.3 is 0 Å². The smallest absolute Gasteiger partial charge is 0.101 e. The van der Waals surface area contributed by atoms with E-state index in [1.54, 1.807) is 6.07 Å². The molecule has 0 aromatic heterocycles. The molecule has 2 N–H and O–H groups in total. The van der Waals surface area contributed by atoms with Crippen LogP contribution in [0.3, 0.4) is 0 Å². The minimum atomic E-state index is 0. The molecular weight excluding hydrogens is 269 g/mol. The summed E-state index contributed by atoms with van der Waals surface area (Å²) in [5.74, 6) is 0.706. The molecule has 1 atom stereocenters. The van der Waals surface area contributed by atoms with Gasteiger partial charge in [0.2, 0.25) is 0 Å². The molecule has 1 aromatic carbocycles. The van der Waals surface area contributed by atoms with E-state index in [0.717, 1.165) is 18.8 Å². The van der Waals surface area contributed by atoms with Gasteiger partial charge in [0.1, 0.15) is 6.07 Å². The standard InChI is InChI=1S/C13H17N3.2ClH/c1-10-3-2-6-16(9-10)13-5-4-12(15)7-11(13)8-14;;/h4-5,7,10H,2-3,6,9,15H2,1H3;2*1H. The van der Waals surface area contributed by atoms with Crippen molar-refractivity contribution in [1.82, 2.24) is 0 Å². The number of benzene rings is 1. The maximum absolute atomic E-state index is 9.11. The maximum atomic E-state index is 9.11. The molecule has 2 rings (SSSR count). The molecule has 3 nitrogen and oxygen atoms in total. The Morgan fingerprint density at radius 1 is 1.39 bits per heavy atom. The summed E-state index contributed by atoms with van der Waals surface area (Å²) in [6, 6.07) is 7.82. The number of piperidine rings is 1. The third kappa shape index (κ3) is 3.69. The minimum absolute atomic E-state index is 0. The Balaban J connectivity index is 0.00000144. The largest absolute Gasteiger partial charge is 0.399 e. The number of nitriles is 1. The van der Waals surface area contributed by atoms with Gasteiger partial charge in [-0.2, -0.15) is 5.26 Å². The fourth-order valence-corrected chi connectivity index (χ4v) is 2.33. The highest BCUT2D eigenvalue weighted by Gasteiger charge is 2.18. The van der Waals surface area contributed by atoms with Gasteiger partial charge in [0, 0.05) is 18.8 Å². The van der Waals surface area contributed by atoms with Crippen molar-refractivity contribution < 1.29 is 0 Å². The van der Waals surface area contributed by atoms with Crippen molar-refractivity contribution in [3.63, 3.8) is 0 Å². The Bertz CT molecular complexity index is 429. The first-order valence-corrected chi connectivity index (χ1v) is 5.75. The van der Waals surface area contributed by atoms with Gasteiger partial charge in [-0.25, -0.2) is 0 Å². The number of hydrogen-bond donors (Lipinski definition) is 1. The molecule has 1 saturated heterocycles. The zero-order chi connectivity index (χ0) is 11.5. The van der Waals surface area contributed by atoms with Gasteiger partial charge in [0.05, 0.1) is 11.3 Å². The molecule has 1 aliphatic heterocycles. The number of halogens is 2. The first-order valence-electron chi connectivity index (χ1n) is 5.75. The summed E-state index contributed by atoms with van der Waals surface area (Å²) in [5, 5.41) is 9.11. The lowest BCUT2D eigenvalue weighted by Gasteiger charge is -2.33. The Labute approximate surface area is 121 Å². The quantitative estimate of drug-likeness (QED) is 0.807. The lowest BCUT2D eigenvalue weighted by Crippen LogP contribution is -2.34. The number of anilines is 2. The first kappa shape index (κ1) is 16.9. The zero-order valence-electron chi connectivity index (χ0n) is 10.4. The monoisotopic (exact) mass is 287 g/mol. The summed E-state index contributed by atoms with van der Waals surface area (Å²) >= 11 is 0. The van der Waals surface area contributed by atoms with Crippen LogP contribution >= 0.6 is 24.8 Å². The highest BCUT2D eigenvalue weighted by molar-refractivity contribution is 5.85.